The first-order chi connectivity index (χ1) is 22.1. The van der Waals surface area contributed by atoms with Crippen LogP contribution in [0.25, 0.3) is 22.2 Å². The van der Waals surface area contributed by atoms with E-state index in [0.717, 1.165) is 61.5 Å². The molecule has 1 saturated heterocycles. The molecular formula is C37H49ClN4O4. The molecule has 46 heavy (non-hydrogen) atoms. The number of likely N-dealkylation sites (tertiary alicyclic amines) is 1. The molecule has 248 valence electrons. The number of carboxylic acid groups (broad SMARTS) is 1. The minimum Gasteiger partial charge on any atom is -0.465 e. The van der Waals surface area contributed by atoms with E-state index in [-0.39, 0.29) is 30.2 Å². The standard InChI is InChI=1S/C37H49ClN4O4/c1-24(2)29-10-4-8-26-17-18-32(41-34(26)29)33-30(11-5-12-31(33)38)37(46,19-7-20-40-36(44)45)28-9-6-21-42(23-28)35(43)27-15-13-25(14-16-27)22-39-3/h4-5,8,10-12,17-18,24-25,27-28,39-40,46H,6-7,9,13-16,19-23H2,1-3H3,(H,44,45)/t25-,27-,28?,37?. The molecule has 4 N–H and O–H groups in total. The second kappa shape index (κ2) is 15.1. The SMILES string of the molecule is CNC[C@H]1CC[C@H](C(=O)N2CCCC(C(O)(CCCNC(=O)O)c3cccc(Cl)c3-c3ccc4cccc(C(C)C)c4n3)C2)CC1. The van der Waals surface area contributed by atoms with Crippen molar-refractivity contribution in [1.29, 1.82) is 0 Å². The van der Waals surface area contributed by atoms with Crippen molar-refractivity contribution in [2.45, 2.75) is 76.7 Å². The molecular weight excluding hydrogens is 600 g/mol. The van der Waals surface area contributed by atoms with Crippen molar-refractivity contribution in [2.75, 3.05) is 33.2 Å². The molecule has 1 saturated carbocycles. The van der Waals surface area contributed by atoms with Crippen LogP contribution in [0.3, 0.4) is 0 Å². The van der Waals surface area contributed by atoms with Gasteiger partial charge in [0.05, 0.1) is 21.8 Å². The summed E-state index contributed by atoms with van der Waals surface area (Å²) in [5.41, 5.74) is 2.74. The Labute approximate surface area is 277 Å². The van der Waals surface area contributed by atoms with E-state index in [9.17, 15) is 19.8 Å². The first kappa shape index (κ1) is 34.1. The van der Waals surface area contributed by atoms with E-state index < -0.39 is 11.7 Å². The summed E-state index contributed by atoms with van der Waals surface area (Å²) < 4.78 is 0. The number of carbonyl (C=O) groups is 2. The number of halogens is 1. The molecule has 8 nitrogen and oxygen atoms in total. The Morgan fingerprint density at radius 2 is 1.83 bits per heavy atom. The highest BCUT2D eigenvalue weighted by atomic mass is 35.5. The predicted octanol–water partition coefficient (Wildman–Crippen LogP) is 7.18. The number of hydrogen-bond acceptors (Lipinski definition) is 5. The summed E-state index contributed by atoms with van der Waals surface area (Å²) in [6, 6.07) is 15.8. The van der Waals surface area contributed by atoms with Crippen molar-refractivity contribution < 1.29 is 19.8 Å². The number of piperidine rings is 1. The fourth-order valence-electron chi connectivity index (χ4n) is 7.76. The van der Waals surface area contributed by atoms with E-state index in [1.54, 1.807) is 0 Å². The monoisotopic (exact) mass is 648 g/mol. The van der Waals surface area contributed by atoms with Crippen molar-refractivity contribution >= 4 is 34.5 Å². The third kappa shape index (κ3) is 7.50. The number of carbonyl (C=O) groups excluding carboxylic acids is 1. The average molecular weight is 649 g/mol. The van der Waals surface area contributed by atoms with Gasteiger partial charge in [-0.2, -0.15) is 0 Å². The second-order valence-electron chi connectivity index (χ2n) is 13.6. The van der Waals surface area contributed by atoms with Gasteiger partial charge in [0.1, 0.15) is 0 Å². The largest absolute Gasteiger partial charge is 0.465 e. The smallest absolute Gasteiger partial charge is 0.404 e. The van der Waals surface area contributed by atoms with E-state index in [1.165, 1.54) is 0 Å². The summed E-state index contributed by atoms with van der Waals surface area (Å²) in [5.74, 6) is 0.874. The van der Waals surface area contributed by atoms with Crippen LogP contribution in [0.15, 0.2) is 48.5 Å². The van der Waals surface area contributed by atoms with Crippen molar-refractivity contribution in [2.24, 2.45) is 17.8 Å². The molecule has 2 unspecified atom stereocenters. The molecule has 2 aliphatic rings. The van der Waals surface area contributed by atoms with Gasteiger partial charge in [-0.05, 0) is 100 Å². The van der Waals surface area contributed by atoms with Gasteiger partial charge in [0, 0.05) is 42.4 Å². The minimum atomic E-state index is -1.36. The lowest BCUT2D eigenvalue weighted by Crippen LogP contribution is -2.50. The number of para-hydroxylation sites is 1. The summed E-state index contributed by atoms with van der Waals surface area (Å²) >= 11 is 6.97. The molecule has 2 aromatic carbocycles. The van der Waals surface area contributed by atoms with Crippen LogP contribution in [0, 0.1) is 17.8 Å². The van der Waals surface area contributed by atoms with Gasteiger partial charge < -0.3 is 25.7 Å². The maximum atomic E-state index is 13.8. The number of nitrogens with one attached hydrogen (secondary N) is 2. The number of nitrogens with zero attached hydrogens (tertiary/aromatic N) is 2. The molecule has 2 fully saturated rings. The minimum absolute atomic E-state index is 0.0263. The summed E-state index contributed by atoms with van der Waals surface area (Å²) in [4.78, 5) is 32.2. The highest BCUT2D eigenvalue weighted by molar-refractivity contribution is 6.33. The topological polar surface area (TPSA) is 115 Å². The molecule has 2 atom stereocenters. The number of hydrogen-bond donors (Lipinski definition) is 4. The first-order valence-corrected chi connectivity index (χ1v) is 17.3. The van der Waals surface area contributed by atoms with E-state index in [0.29, 0.717) is 53.7 Å². The van der Waals surface area contributed by atoms with Crippen LogP contribution in [-0.2, 0) is 10.4 Å². The zero-order chi connectivity index (χ0) is 32.8. The zero-order valence-electron chi connectivity index (χ0n) is 27.4. The molecule has 5 rings (SSSR count). The van der Waals surface area contributed by atoms with Gasteiger partial charge >= 0.3 is 6.09 Å². The highest BCUT2D eigenvalue weighted by Gasteiger charge is 2.44. The normalized spacial score (nSPS) is 21.7. The molecule has 1 aliphatic carbocycles. The van der Waals surface area contributed by atoms with Crippen molar-refractivity contribution in [3.05, 3.63) is 64.7 Å². The molecule has 3 aromatic rings. The van der Waals surface area contributed by atoms with E-state index in [1.807, 2.05) is 42.3 Å². The van der Waals surface area contributed by atoms with Crippen LogP contribution in [0.4, 0.5) is 4.79 Å². The highest BCUT2D eigenvalue weighted by Crippen LogP contribution is 2.46. The van der Waals surface area contributed by atoms with Crippen LogP contribution < -0.4 is 10.6 Å². The maximum absolute atomic E-state index is 13.8. The first-order valence-electron chi connectivity index (χ1n) is 16.9. The van der Waals surface area contributed by atoms with Crippen molar-refractivity contribution in [3.8, 4) is 11.3 Å². The van der Waals surface area contributed by atoms with Crippen LogP contribution in [0.1, 0.15) is 82.3 Å². The third-order valence-electron chi connectivity index (χ3n) is 10.2. The Hall–Kier alpha value is -3.20. The lowest BCUT2D eigenvalue weighted by Gasteiger charge is -2.44. The lowest BCUT2D eigenvalue weighted by molar-refractivity contribution is -0.142. The summed E-state index contributed by atoms with van der Waals surface area (Å²) in [6.45, 7) is 6.64. The van der Waals surface area contributed by atoms with Crippen molar-refractivity contribution in [1.82, 2.24) is 20.5 Å². The number of rotatable bonds is 11. The Bertz CT molecular complexity index is 1520. The predicted molar refractivity (Wildman–Crippen MR) is 184 cm³/mol. The Balaban J connectivity index is 1.50. The molecule has 0 radical (unpaired) electrons. The summed E-state index contributed by atoms with van der Waals surface area (Å²) in [6.07, 6.45) is 5.11. The average Bonchev–Trinajstić information content (AvgIpc) is 3.06. The molecule has 9 heteroatoms. The number of aromatic nitrogens is 1. The Morgan fingerprint density at radius 3 is 2.54 bits per heavy atom. The Kier molecular flexibility index (Phi) is 11.2. The molecule has 2 amide bonds. The number of fused-ring (bicyclic) bond motifs is 1. The van der Waals surface area contributed by atoms with Crippen LogP contribution in [0.2, 0.25) is 5.02 Å². The number of amides is 2. The molecule has 0 spiro atoms. The fraction of sp³-hybridized carbons (Fsp3) is 0.541. The van der Waals surface area contributed by atoms with Crippen molar-refractivity contribution in [3.63, 3.8) is 0 Å². The third-order valence-corrected chi connectivity index (χ3v) is 10.5. The van der Waals surface area contributed by atoms with Gasteiger partial charge in [0.15, 0.2) is 0 Å². The number of pyridine rings is 1. The van der Waals surface area contributed by atoms with Gasteiger partial charge in [-0.3, -0.25) is 4.79 Å². The van der Waals surface area contributed by atoms with Crippen LogP contribution in [-0.4, -0.2) is 65.3 Å². The fourth-order valence-corrected chi connectivity index (χ4v) is 8.03. The van der Waals surface area contributed by atoms with E-state index in [4.69, 9.17) is 16.6 Å². The number of aliphatic hydroxyl groups is 1. The van der Waals surface area contributed by atoms with Crippen LogP contribution >= 0.6 is 11.6 Å². The summed E-state index contributed by atoms with van der Waals surface area (Å²) in [5, 5.41) is 29.4. The van der Waals surface area contributed by atoms with Gasteiger partial charge in [0.25, 0.3) is 0 Å². The van der Waals surface area contributed by atoms with E-state index in [2.05, 4.69) is 42.7 Å². The van der Waals surface area contributed by atoms with Crippen LogP contribution in [0.5, 0.6) is 0 Å². The second-order valence-corrected chi connectivity index (χ2v) is 14.0. The molecule has 1 aliphatic heterocycles. The molecule has 1 aromatic heterocycles. The van der Waals surface area contributed by atoms with Gasteiger partial charge in [-0.15, -0.1) is 0 Å². The van der Waals surface area contributed by atoms with Gasteiger partial charge in [-0.25, -0.2) is 9.78 Å². The zero-order valence-corrected chi connectivity index (χ0v) is 28.2. The van der Waals surface area contributed by atoms with Gasteiger partial charge in [-0.1, -0.05) is 61.8 Å². The maximum Gasteiger partial charge on any atom is 0.404 e. The lowest BCUT2D eigenvalue weighted by atomic mass is 9.72. The summed E-state index contributed by atoms with van der Waals surface area (Å²) in [7, 11) is 1.98. The Morgan fingerprint density at radius 1 is 1.07 bits per heavy atom. The molecule has 0 bridgehead atoms. The van der Waals surface area contributed by atoms with Gasteiger partial charge in [0.2, 0.25) is 5.91 Å². The molecule has 2 heterocycles. The number of benzene rings is 2. The van der Waals surface area contributed by atoms with E-state index >= 15 is 0 Å². The quantitative estimate of drug-likeness (QED) is 0.164.